The number of fused-ring (bicyclic) bond motifs is 1. The van der Waals surface area contributed by atoms with E-state index in [0.29, 0.717) is 19.1 Å². The van der Waals surface area contributed by atoms with Crippen LogP contribution in [0.4, 0.5) is 0 Å². The lowest BCUT2D eigenvalue weighted by atomic mass is 10.0. The van der Waals surface area contributed by atoms with E-state index in [1.807, 2.05) is 35.2 Å². The van der Waals surface area contributed by atoms with Gasteiger partial charge in [-0.25, -0.2) is 0 Å². The number of rotatable bonds is 4. The predicted molar refractivity (Wildman–Crippen MR) is 101 cm³/mol. The maximum atomic E-state index is 12.6. The van der Waals surface area contributed by atoms with Gasteiger partial charge in [-0.1, -0.05) is 24.6 Å². The van der Waals surface area contributed by atoms with Crippen LogP contribution in [0.25, 0.3) is 0 Å². The summed E-state index contributed by atoms with van der Waals surface area (Å²) >= 11 is 0. The summed E-state index contributed by atoms with van der Waals surface area (Å²) in [7, 11) is 2.17. The monoisotopic (exact) mass is 369 g/mol. The second-order valence-corrected chi connectivity index (χ2v) is 7.35. The average molecular weight is 369 g/mol. The van der Waals surface area contributed by atoms with Crippen LogP contribution >= 0.6 is 0 Å². The standard InChI is InChI=1S/C20H27N5O2/c1-23-11-6-5-9-17(23)20-22-21-18-10-12-24(13-14-25(18)20)19(26)15-27-16-7-3-2-4-8-16/h2-4,7-8,17H,5-6,9-15H2,1H3/t17-/m1/s1. The Morgan fingerprint density at radius 1 is 1.11 bits per heavy atom. The Kier molecular flexibility index (Phi) is 5.38. The molecule has 0 aliphatic carbocycles. The minimum Gasteiger partial charge on any atom is -0.484 e. The fraction of sp³-hybridized carbons (Fsp3) is 0.550. The third-order valence-electron chi connectivity index (χ3n) is 5.58. The van der Waals surface area contributed by atoms with Gasteiger partial charge in [0.25, 0.3) is 5.91 Å². The van der Waals surface area contributed by atoms with Crippen LogP contribution in [0.3, 0.4) is 0 Å². The Morgan fingerprint density at radius 3 is 2.78 bits per heavy atom. The molecule has 1 atom stereocenters. The molecular weight excluding hydrogens is 342 g/mol. The van der Waals surface area contributed by atoms with Crippen molar-refractivity contribution < 1.29 is 9.53 Å². The van der Waals surface area contributed by atoms with Crippen molar-refractivity contribution >= 4 is 5.91 Å². The van der Waals surface area contributed by atoms with Crippen LogP contribution in [0.15, 0.2) is 30.3 Å². The third kappa shape index (κ3) is 3.98. The number of hydrogen-bond acceptors (Lipinski definition) is 5. The second kappa shape index (κ2) is 8.08. The van der Waals surface area contributed by atoms with E-state index < -0.39 is 0 Å². The van der Waals surface area contributed by atoms with Gasteiger partial charge in [-0.3, -0.25) is 9.69 Å². The first-order valence-corrected chi connectivity index (χ1v) is 9.80. The molecule has 2 aromatic rings. The van der Waals surface area contributed by atoms with Crippen LogP contribution in [0.1, 0.15) is 37.0 Å². The maximum Gasteiger partial charge on any atom is 0.260 e. The van der Waals surface area contributed by atoms with E-state index in [4.69, 9.17) is 4.74 Å². The molecule has 0 bridgehead atoms. The predicted octanol–water partition coefficient (Wildman–Crippen LogP) is 1.90. The molecule has 1 saturated heterocycles. The minimum absolute atomic E-state index is 0.0221. The average Bonchev–Trinajstić information content (AvgIpc) is 2.98. The zero-order chi connectivity index (χ0) is 18.6. The molecular formula is C20H27N5O2. The second-order valence-electron chi connectivity index (χ2n) is 7.35. The van der Waals surface area contributed by atoms with Crippen molar-refractivity contribution in [2.24, 2.45) is 0 Å². The van der Waals surface area contributed by atoms with E-state index >= 15 is 0 Å². The molecule has 1 aromatic heterocycles. The Balaban J connectivity index is 1.39. The molecule has 1 fully saturated rings. The van der Waals surface area contributed by atoms with Gasteiger partial charge in [0.05, 0.1) is 6.04 Å². The molecule has 27 heavy (non-hydrogen) atoms. The molecule has 144 valence electrons. The largest absolute Gasteiger partial charge is 0.484 e. The van der Waals surface area contributed by atoms with E-state index in [0.717, 1.165) is 43.3 Å². The molecule has 7 heteroatoms. The van der Waals surface area contributed by atoms with Gasteiger partial charge in [0, 0.05) is 26.1 Å². The van der Waals surface area contributed by atoms with E-state index in [-0.39, 0.29) is 12.5 Å². The lowest BCUT2D eigenvalue weighted by molar-refractivity contribution is -0.133. The van der Waals surface area contributed by atoms with E-state index in [1.54, 1.807) is 0 Å². The topological polar surface area (TPSA) is 63.5 Å². The number of amides is 1. The van der Waals surface area contributed by atoms with Gasteiger partial charge in [-0.2, -0.15) is 0 Å². The smallest absolute Gasteiger partial charge is 0.260 e. The summed E-state index contributed by atoms with van der Waals surface area (Å²) in [5.41, 5.74) is 0. The summed E-state index contributed by atoms with van der Waals surface area (Å²) in [6.07, 6.45) is 4.35. The number of benzene rings is 1. The van der Waals surface area contributed by atoms with Gasteiger partial charge >= 0.3 is 0 Å². The SMILES string of the molecule is CN1CCCC[C@@H]1c1nnc2n1CCN(C(=O)COc1ccccc1)CC2. The lowest BCUT2D eigenvalue weighted by Gasteiger charge is -2.31. The molecule has 1 amide bonds. The van der Waals surface area contributed by atoms with Gasteiger partial charge in [-0.15, -0.1) is 10.2 Å². The molecule has 2 aliphatic rings. The van der Waals surface area contributed by atoms with Crippen molar-refractivity contribution in [3.63, 3.8) is 0 Å². The number of piperidine rings is 1. The van der Waals surface area contributed by atoms with Crippen molar-refractivity contribution in [1.82, 2.24) is 24.6 Å². The Morgan fingerprint density at radius 2 is 1.96 bits per heavy atom. The highest BCUT2D eigenvalue weighted by atomic mass is 16.5. The number of likely N-dealkylation sites (tertiary alicyclic amines) is 1. The highest BCUT2D eigenvalue weighted by molar-refractivity contribution is 5.77. The number of para-hydroxylation sites is 1. The molecule has 7 nitrogen and oxygen atoms in total. The van der Waals surface area contributed by atoms with Crippen molar-refractivity contribution in [3.8, 4) is 5.75 Å². The number of carbonyl (C=O) groups is 1. The summed E-state index contributed by atoms with van der Waals surface area (Å²) in [4.78, 5) is 16.8. The molecule has 4 rings (SSSR count). The first-order chi connectivity index (χ1) is 13.2. The molecule has 3 heterocycles. The number of hydrogen-bond donors (Lipinski definition) is 0. The number of carbonyl (C=O) groups excluding carboxylic acids is 1. The van der Waals surface area contributed by atoms with Crippen molar-refractivity contribution in [1.29, 1.82) is 0 Å². The summed E-state index contributed by atoms with van der Waals surface area (Å²) in [5.74, 6) is 2.79. The van der Waals surface area contributed by atoms with Crippen LogP contribution in [0, 0.1) is 0 Å². The first-order valence-electron chi connectivity index (χ1n) is 9.80. The van der Waals surface area contributed by atoms with Gasteiger partial charge in [0.2, 0.25) is 0 Å². The maximum absolute atomic E-state index is 12.6. The third-order valence-corrected chi connectivity index (χ3v) is 5.58. The Hall–Kier alpha value is -2.41. The minimum atomic E-state index is 0.0221. The van der Waals surface area contributed by atoms with E-state index in [1.165, 1.54) is 12.8 Å². The van der Waals surface area contributed by atoms with Crippen LogP contribution in [-0.4, -0.2) is 63.8 Å². The number of aromatic nitrogens is 3. The molecule has 0 unspecified atom stereocenters. The van der Waals surface area contributed by atoms with Gasteiger partial charge < -0.3 is 14.2 Å². The number of ether oxygens (including phenoxy) is 1. The van der Waals surface area contributed by atoms with Crippen LogP contribution < -0.4 is 4.74 Å². The molecule has 0 saturated carbocycles. The zero-order valence-corrected chi connectivity index (χ0v) is 15.9. The quantitative estimate of drug-likeness (QED) is 0.824. The van der Waals surface area contributed by atoms with Crippen molar-refractivity contribution in [3.05, 3.63) is 42.0 Å². The Labute approximate surface area is 159 Å². The molecule has 0 N–H and O–H groups in total. The highest BCUT2D eigenvalue weighted by Gasteiger charge is 2.29. The first kappa shape index (κ1) is 18.0. The molecule has 1 aromatic carbocycles. The zero-order valence-electron chi connectivity index (χ0n) is 15.9. The van der Waals surface area contributed by atoms with Gasteiger partial charge in [0.15, 0.2) is 6.61 Å². The van der Waals surface area contributed by atoms with E-state index in [9.17, 15) is 4.79 Å². The highest BCUT2D eigenvalue weighted by Crippen LogP contribution is 2.29. The Bertz CT molecular complexity index is 776. The summed E-state index contributed by atoms with van der Waals surface area (Å²) in [5, 5.41) is 8.93. The summed E-state index contributed by atoms with van der Waals surface area (Å²) in [6.45, 7) is 3.26. The van der Waals surface area contributed by atoms with Gasteiger partial charge in [0.1, 0.15) is 17.4 Å². The number of nitrogens with zero attached hydrogens (tertiary/aromatic N) is 5. The van der Waals surface area contributed by atoms with Crippen LogP contribution in [-0.2, 0) is 17.8 Å². The van der Waals surface area contributed by atoms with Crippen molar-refractivity contribution in [2.75, 3.05) is 33.3 Å². The normalized spacial score (nSPS) is 20.8. The van der Waals surface area contributed by atoms with E-state index in [2.05, 4.69) is 26.7 Å². The van der Waals surface area contributed by atoms with Gasteiger partial charge in [-0.05, 0) is 38.6 Å². The summed E-state index contributed by atoms with van der Waals surface area (Å²) < 4.78 is 7.85. The molecule has 2 aliphatic heterocycles. The van der Waals surface area contributed by atoms with Crippen molar-refractivity contribution in [2.45, 2.75) is 38.3 Å². The fourth-order valence-electron chi connectivity index (χ4n) is 4.00. The van der Waals surface area contributed by atoms with Crippen LogP contribution in [0.5, 0.6) is 5.75 Å². The molecule has 0 radical (unpaired) electrons. The molecule has 0 spiro atoms. The van der Waals surface area contributed by atoms with Crippen LogP contribution in [0.2, 0.25) is 0 Å². The summed E-state index contributed by atoms with van der Waals surface area (Å²) in [6, 6.07) is 9.81. The fourth-order valence-corrected chi connectivity index (χ4v) is 4.00. The lowest BCUT2D eigenvalue weighted by Crippen LogP contribution is -2.37.